The molecule has 4 unspecified atom stereocenters. The predicted molar refractivity (Wildman–Crippen MR) is 67.5 cm³/mol. The number of rotatable bonds is 3. The van der Waals surface area contributed by atoms with Crippen molar-refractivity contribution in [3.63, 3.8) is 0 Å². The van der Waals surface area contributed by atoms with Crippen LogP contribution in [0.5, 0.6) is 0 Å². The van der Waals surface area contributed by atoms with Gasteiger partial charge in [-0.3, -0.25) is 0 Å². The minimum atomic E-state index is 0.588. The van der Waals surface area contributed by atoms with Crippen LogP contribution >= 0.6 is 0 Å². The maximum Gasteiger partial charge on any atom is 0.0111 e. The van der Waals surface area contributed by atoms with Crippen LogP contribution in [0, 0.1) is 11.3 Å². The molecule has 1 aliphatic carbocycles. The van der Waals surface area contributed by atoms with Crippen LogP contribution in [-0.4, -0.2) is 24.7 Å². The highest BCUT2D eigenvalue weighted by atomic mass is 15.1. The zero-order valence-electron chi connectivity index (χ0n) is 10.8. The first-order valence-electron chi connectivity index (χ1n) is 7.12. The predicted octanol–water partition coefficient (Wildman–Crippen LogP) is 2.30. The van der Waals surface area contributed by atoms with Crippen molar-refractivity contribution in [1.29, 1.82) is 0 Å². The Morgan fingerprint density at radius 1 is 1.25 bits per heavy atom. The Hall–Kier alpha value is -0.0800. The summed E-state index contributed by atoms with van der Waals surface area (Å²) in [7, 11) is 0. The number of fused-ring (bicyclic) bond motifs is 2. The van der Waals surface area contributed by atoms with Gasteiger partial charge in [0, 0.05) is 18.1 Å². The lowest BCUT2D eigenvalue weighted by Gasteiger charge is -2.23. The van der Waals surface area contributed by atoms with Crippen LogP contribution in [0.2, 0.25) is 0 Å². The SMILES string of the molecule is CC1(C)CCC(NCC2CC3CCC2N3)C1. The second kappa shape index (κ2) is 3.99. The van der Waals surface area contributed by atoms with Gasteiger partial charge in [-0.2, -0.15) is 0 Å². The molecule has 0 aromatic carbocycles. The summed E-state index contributed by atoms with van der Waals surface area (Å²) in [5.41, 5.74) is 0.588. The van der Waals surface area contributed by atoms with E-state index in [4.69, 9.17) is 0 Å². The molecule has 2 N–H and O–H groups in total. The third-order valence-corrected chi connectivity index (χ3v) is 5.07. The lowest BCUT2D eigenvalue weighted by Crippen LogP contribution is -2.36. The van der Waals surface area contributed by atoms with Crippen LogP contribution < -0.4 is 10.6 Å². The van der Waals surface area contributed by atoms with Gasteiger partial charge in [0.2, 0.25) is 0 Å². The largest absolute Gasteiger partial charge is 0.314 e. The highest BCUT2D eigenvalue weighted by molar-refractivity contribution is 4.98. The zero-order chi connectivity index (χ0) is 11.2. The molecule has 3 aliphatic rings. The van der Waals surface area contributed by atoms with Gasteiger partial charge in [-0.15, -0.1) is 0 Å². The van der Waals surface area contributed by atoms with Gasteiger partial charge in [-0.25, -0.2) is 0 Å². The van der Waals surface area contributed by atoms with Crippen molar-refractivity contribution >= 4 is 0 Å². The molecule has 3 rings (SSSR count). The smallest absolute Gasteiger partial charge is 0.0111 e. The summed E-state index contributed by atoms with van der Waals surface area (Å²) in [6.45, 7) is 6.08. The standard InChI is InChI=1S/C14H26N2/c1-14(2)6-5-12(8-14)15-9-10-7-11-3-4-13(10)16-11/h10-13,15-16H,3-9H2,1-2H3. The van der Waals surface area contributed by atoms with Crippen molar-refractivity contribution in [3.05, 3.63) is 0 Å². The summed E-state index contributed by atoms with van der Waals surface area (Å²) in [6, 6.07) is 2.50. The van der Waals surface area contributed by atoms with Gasteiger partial charge in [0.25, 0.3) is 0 Å². The van der Waals surface area contributed by atoms with E-state index < -0.39 is 0 Å². The van der Waals surface area contributed by atoms with Crippen molar-refractivity contribution < 1.29 is 0 Å². The summed E-state index contributed by atoms with van der Waals surface area (Å²) in [5, 5.41) is 7.55. The van der Waals surface area contributed by atoms with Crippen LogP contribution in [0.25, 0.3) is 0 Å². The first kappa shape index (κ1) is 11.0. The fourth-order valence-corrected chi connectivity index (χ4v) is 4.09. The van der Waals surface area contributed by atoms with E-state index in [1.54, 1.807) is 0 Å². The minimum Gasteiger partial charge on any atom is -0.314 e. The van der Waals surface area contributed by atoms with Gasteiger partial charge in [-0.1, -0.05) is 13.8 Å². The van der Waals surface area contributed by atoms with E-state index in [9.17, 15) is 0 Å². The molecule has 92 valence electrons. The third kappa shape index (κ3) is 2.14. The maximum atomic E-state index is 3.82. The summed E-state index contributed by atoms with van der Waals surface area (Å²) >= 11 is 0. The Kier molecular flexibility index (Phi) is 2.75. The summed E-state index contributed by atoms with van der Waals surface area (Å²) in [5.74, 6) is 0.919. The fraction of sp³-hybridized carbons (Fsp3) is 1.00. The summed E-state index contributed by atoms with van der Waals surface area (Å²) in [4.78, 5) is 0. The average molecular weight is 222 g/mol. The molecule has 2 bridgehead atoms. The molecule has 2 saturated heterocycles. The van der Waals surface area contributed by atoms with E-state index >= 15 is 0 Å². The highest BCUT2D eigenvalue weighted by Gasteiger charge is 2.39. The zero-order valence-corrected chi connectivity index (χ0v) is 10.8. The van der Waals surface area contributed by atoms with E-state index in [0.717, 1.165) is 24.0 Å². The van der Waals surface area contributed by atoms with Gasteiger partial charge < -0.3 is 10.6 Å². The van der Waals surface area contributed by atoms with Crippen molar-refractivity contribution in [2.24, 2.45) is 11.3 Å². The first-order valence-corrected chi connectivity index (χ1v) is 7.12. The van der Waals surface area contributed by atoms with Crippen LogP contribution in [0.4, 0.5) is 0 Å². The van der Waals surface area contributed by atoms with Gasteiger partial charge >= 0.3 is 0 Å². The van der Waals surface area contributed by atoms with Crippen LogP contribution in [0.3, 0.4) is 0 Å². The Morgan fingerprint density at radius 2 is 2.12 bits per heavy atom. The van der Waals surface area contributed by atoms with Crippen molar-refractivity contribution in [1.82, 2.24) is 10.6 Å². The first-order chi connectivity index (χ1) is 7.62. The molecule has 2 heterocycles. The maximum absolute atomic E-state index is 3.82. The molecule has 0 radical (unpaired) electrons. The van der Waals surface area contributed by atoms with E-state index in [2.05, 4.69) is 24.5 Å². The van der Waals surface area contributed by atoms with Crippen LogP contribution in [0.15, 0.2) is 0 Å². The summed E-state index contributed by atoms with van der Waals surface area (Å²) < 4.78 is 0. The van der Waals surface area contributed by atoms with Crippen molar-refractivity contribution in [2.45, 2.75) is 70.5 Å². The Bertz CT molecular complexity index is 261. The normalized spacial score (nSPS) is 45.4. The van der Waals surface area contributed by atoms with Gasteiger partial charge in [0.15, 0.2) is 0 Å². The second-order valence-corrected chi connectivity index (χ2v) is 7.06. The molecule has 4 atom stereocenters. The van der Waals surface area contributed by atoms with E-state index in [-0.39, 0.29) is 0 Å². The van der Waals surface area contributed by atoms with Crippen LogP contribution in [-0.2, 0) is 0 Å². The van der Waals surface area contributed by atoms with Gasteiger partial charge in [0.1, 0.15) is 0 Å². The minimum absolute atomic E-state index is 0.588. The van der Waals surface area contributed by atoms with Gasteiger partial charge in [0.05, 0.1) is 0 Å². The third-order valence-electron chi connectivity index (χ3n) is 5.07. The second-order valence-electron chi connectivity index (χ2n) is 7.06. The molecule has 16 heavy (non-hydrogen) atoms. The molecule has 2 nitrogen and oxygen atoms in total. The molecule has 2 aliphatic heterocycles. The Labute approximate surface area is 99.6 Å². The fourth-order valence-electron chi connectivity index (χ4n) is 4.09. The molecule has 0 amide bonds. The quantitative estimate of drug-likeness (QED) is 0.765. The van der Waals surface area contributed by atoms with E-state index in [0.29, 0.717) is 5.41 Å². The molecule has 2 heteroatoms. The van der Waals surface area contributed by atoms with Crippen molar-refractivity contribution in [3.8, 4) is 0 Å². The molecular formula is C14H26N2. The molecule has 0 aromatic rings. The average Bonchev–Trinajstić information content (AvgIpc) is 2.89. The highest BCUT2D eigenvalue weighted by Crippen LogP contribution is 2.37. The Balaban J connectivity index is 1.44. The summed E-state index contributed by atoms with van der Waals surface area (Å²) in [6.07, 6.45) is 8.45. The molecule has 3 fully saturated rings. The van der Waals surface area contributed by atoms with E-state index in [1.807, 2.05) is 0 Å². The lowest BCUT2D eigenvalue weighted by atomic mass is 9.88. The van der Waals surface area contributed by atoms with E-state index in [1.165, 1.54) is 45.1 Å². The van der Waals surface area contributed by atoms with Gasteiger partial charge in [-0.05, 0) is 56.4 Å². The molecular weight excluding hydrogens is 196 g/mol. The van der Waals surface area contributed by atoms with Crippen LogP contribution in [0.1, 0.15) is 52.4 Å². The monoisotopic (exact) mass is 222 g/mol. The van der Waals surface area contributed by atoms with Crippen molar-refractivity contribution in [2.75, 3.05) is 6.54 Å². The lowest BCUT2D eigenvalue weighted by molar-refractivity contribution is 0.336. The number of hydrogen-bond donors (Lipinski definition) is 2. The Morgan fingerprint density at radius 3 is 2.69 bits per heavy atom. The molecule has 0 aromatic heterocycles. The molecule has 1 saturated carbocycles. The number of hydrogen-bond acceptors (Lipinski definition) is 2. The number of nitrogens with one attached hydrogen (secondary N) is 2. The molecule has 0 spiro atoms. The topological polar surface area (TPSA) is 24.1 Å².